The number of imidazole rings is 1. The van der Waals surface area contributed by atoms with E-state index in [0.29, 0.717) is 6.61 Å². The maximum absolute atomic E-state index is 9.63. The SMILES string of the molecule is OCc1c(OCCCn2ccnc2)ccc2ccccc12. The first kappa shape index (κ1) is 13.6. The van der Waals surface area contributed by atoms with Crippen LogP contribution < -0.4 is 4.74 Å². The van der Waals surface area contributed by atoms with Gasteiger partial charge >= 0.3 is 0 Å². The molecule has 4 nitrogen and oxygen atoms in total. The minimum absolute atomic E-state index is 0.0157. The zero-order chi connectivity index (χ0) is 14.5. The molecule has 21 heavy (non-hydrogen) atoms. The van der Waals surface area contributed by atoms with Crippen molar-refractivity contribution in [2.45, 2.75) is 19.6 Å². The van der Waals surface area contributed by atoms with E-state index >= 15 is 0 Å². The van der Waals surface area contributed by atoms with E-state index in [9.17, 15) is 5.11 Å². The lowest BCUT2D eigenvalue weighted by Crippen LogP contribution is -2.05. The number of rotatable bonds is 6. The van der Waals surface area contributed by atoms with Crippen molar-refractivity contribution in [1.29, 1.82) is 0 Å². The van der Waals surface area contributed by atoms with E-state index in [2.05, 4.69) is 4.98 Å². The average molecular weight is 282 g/mol. The van der Waals surface area contributed by atoms with Gasteiger partial charge in [0.15, 0.2) is 0 Å². The van der Waals surface area contributed by atoms with Crippen molar-refractivity contribution in [2.24, 2.45) is 0 Å². The van der Waals surface area contributed by atoms with Gasteiger partial charge in [0, 0.05) is 24.5 Å². The van der Waals surface area contributed by atoms with Crippen LogP contribution in [0.3, 0.4) is 0 Å². The van der Waals surface area contributed by atoms with Crippen molar-refractivity contribution >= 4 is 10.8 Å². The molecule has 1 aromatic heterocycles. The number of aliphatic hydroxyl groups is 1. The minimum Gasteiger partial charge on any atom is -0.493 e. The smallest absolute Gasteiger partial charge is 0.125 e. The van der Waals surface area contributed by atoms with Crippen LogP contribution in [-0.4, -0.2) is 21.3 Å². The number of aromatic nitrogens is 2. The Morgan fingerprint density at radius 1 is 1.14 bits per heavy atom. The summed E-state index contributed by atoms with van der Waals surface area (Å²) in [7, 11) is 0. The van der Waals surface area contributed by atoms with Crippen LogP contribution in [0.1, 0.15) is 12.0 Å². The predicted molar refractivity (Wildman–Crippen MR) is 82.2 cm³/mol. The van der Waals surface area contributed by atoms with Crippen molar-refractivity contribution in [1.82, 2.24) is 9.55 Å². The number of hydrogen-bond acceptors (Lipinski definition) is 3. The maximum atomic E-state index is 9.63. The summed E-state index contributed by atoms with van der Waals surface area (Å²) < 4.78 is 7.87. The molecular formula is C17H18N2O2. The number of fused-ring (bicyclic) bond motifs is 1. The van der Waals surface area contributed by atoms with Gasteiger partial charge in [-0.15, -0.1) is 0 Å². The molecule has 0 aliphatic carbocycles. The van der Waals surface area contributed by atoms with Gasteiger partial charge in [-0.25, -0.2) is 4.98 Å². The highest BCUT2D eigenvalue weighted by atomic mass is 16.5. The van der Waals surface area contributed by atoms with Gasteiger partial charge in [-0.2, -0.15) is 0 Å². The van der Waals surface area contributed by atoms with E-state index in [-0.39, 0.29) is 6.61 Å². The fraction of sp³-hybridized carbons (Fsp3) is 0.235. The second kappa shape index (κ2) is 6.41. The largest absolute Gasteiger partial charge is 0.493 e. The van der Waals surface area contributed by atoms with E-state index in [1.54, 1.807) is 12.5 Å². The van der Waals surface area contributed by atoms with Gasteiger partial charge < -0.3 is 14.4 Å². The summed E-state index contributed by atoms with van der Waals surface area (Å²) in [5.41, 5.74) is 0.857. The Balaban J connectivity index is 1.68. The Hall–Kier alpha value is -2.33. The monoisotopic (exact) mass is 282 g/mol. The van der Waals surface area contributed by atoms with Crippen LogP contribution in [0.4, 0.5) is 0 Å². The molecule has 0 spiro atoms. The number of aliphatic hydroxyl groups excluding tert-OH is 1. The summed E-state index contributed by atoms with van der Waals surface area (Å²) in [6.45, 7) is 1.48. The van der Waals surface area contributed by atoms with Crippen LogP contribution in [-0.2, 0) is 13.2 Å². The van der Waals surface area contributed by atoms with E-state index in [4.69, 9.17) is 4.74 Å². The summed E-state index contributed by atoms with van der Waals surface area (Å²) in [4.78, 5) is 4.01. The Morgan fingerprint density at radius 2 is 2.05 bits per heavy atom. The van der Waals surface area contributed by atoms with Gasteiger partial charge in [0.05, 0.1) is 19.5 Å². The highest BCUT2D eigenvalue weighted by Gasteiger charge is 2.07. The van der Waals surface area contributed by atoms with Crippen molar-refractivity contribution in [3.8, 4) is 5.75 Å². The normalized spacial score (nSPS) is 10.9. The lowest BCUT2D eigenvalue weighted by atomic mass is 10.0. The topological polar surface area (TPSA) is 47.3 Å². The molecule has 108 valence electrons. The zero-order valence-corrected chi connectivity index (χ0v) is 11.8. The first-order chi connectivity index (χ1) is 10.4. The Morgan fingerprint density at radius 3 is 2.86 bits per heavy atom. The third-order valence-corrected chi connectivity index (χ3v) is 3.53. The fourth-order valence-electron chi connectivity index (χ4n) is 2.46. The quantitative estimate of drug-likeness (QED) is 0.707. The molecule has 0 saturated heterocycles. The predicted octanol–water partition coefficient (Wildman–Crippen LogP) is 3.00. The van der Waals surface area contributed by atoms with Crippen LogP contribution in [0.5, 0.6) is 5.75 Å². The standard InChI is InChI=1S/C17H18N2O2/c20-12-16-15-5-2-1-4-14(15)6-7-17(16)21-11-3-9-19-10-8-18-13-19/h1-2,4-8,10,13,20H,3,9,11-12H2. The van der Waals surface area contributed by atoms with Crippen LogP contribution >= 0.6 is 0 Å². The van der Waals surface area contributed by atoms with Crippen molar-refractivity contribution < 1.29 is 9.84 Å². The van der Waals surface area contributed by atoms with E-state index in [1.807, 2.05) is 47.2 Å². The van der Waals surface area contributed by atoms with E-state index < -0.39 is 0 Å². The third-order valence-electron chi connectivity index (χ3n) is 3.53. The van der Waals surface area contributed by atoms with Gasteiger partial charge in [0.25, 0.3) is 0 Å². The summed E-state index contributed by atoms with van der Waals surface area (Å²) >= 11 is 0. The number of aryl methyl sites for hydroxylation is 1. The molecular weight excluding hydrogens is 264 g/mol. The maximum Gasteiger partial charge on any atom is 0.125 e. The molecule has 0 atom stereocenters. The molecule has 0 aliphatic rings. The average Bonchev–Trinajstić information content (AvgIpc) is 3.04. The summed E-state index contributed by atoms with van der Waals surface area (Å²) in [6.07, 6.45) is 6.41. The van der Waals surface area contributed by atoms with Crippen LogP contribution in [0, 0.1) is 0 Å². The number of nitrogens with zero attached hydrogens (tertiary/aromatic N) is 2. The van der Waals surface area contributed by atoms with Gasteiger partial charge in [0.2, 0.25) is 0 Å². The lowest BCUT2D eigenvalue weighted by Gasteiger charge is -2.13. The third kappa shape index (κ3) is 3.06. The molecule has 0 aliphatic heterocycles. The van der Waals surface area contributed by atoms with Gasteiger partial charge in [-0.05, 0) is 23.3 Å². The number of ether oxygens (including phenoxy) is 1. The first-order valence-electron chi connectivity index (χ1n) is 7.08. The molecule has 1 N–H and O–H groups in total. The molecule has 0 bridgehead atoms. The van der Waals surface area contributed by atoms with Crippen LogP contribution in [0.2, 0.25) is 0 Å². The van der Waals surface area contributed by atoms with Crippen molar-refractivity contribution in [3.05, 3.63) is 60.7 Å². The molecule has 1 heterocycles. The molecule has 2 aromatic carbocycles. The summed E-state index contributed by atoms with van der Waals surface area (Å²) in [5, 5.41) is 11.8. The second-order valence-electron chi connectivity index (χ2n) is 4.92. The summed E-state index contributed by atoms with van der Waals surface area (Å²) in [5.74, 6) is 0.766. The van der Waals surface area contributed by atoms with Crippen molar-refractivity contribution in [2.75, 3.05) is 6.61 Å². The Labute approximate surface area is 123 Å². The number of hydrogen-bond donors (Lipinski definition) is 1. The Bertz CT molecular complexity index is 708. The Kier molecular flexibility index (Phi) is 4.17. The van der Waals surface area contributed by atoms with Crippen molar-refractivity contribution in [3.63, 3.8) is 0 Å². The molecule has 0 radical (unpaired) electrons. The van der Waals surface area contributed by atoms with E-state index in [0.717, 1.165) is 35.1 Å². The molecule has 0 fully saturated rings. The molecule has 3 rings (SSSR count). The minimum atomic E-state index is -0.0157. The van der Waals surface area contributed by atoms with Gasteiger partial charge in [-0.1, -0.05) is 30.3 Å². The number of benzene rings is 2. The summed E-state index contributed by atoms with van der Waals surface area (Å²) in [6, 6.07) is 12.0. The van der Waals surface area contributed by atoms with Crippen LogP contribution in [0.25, 0.3) is 10.8 Å². The van der Waals surface area contributed by atoms with Gasteiger partial charge in [0.1, 0.15) is 5.75 Å². The first-order valence-corrected chi connectivity index (χ1v) is 7.08. The van der Waals surface area contributed by atoms with Gasteiger partial charge in [-0.3, -0.25) is 0 Å². The molecule has 0 saturated carbocycles. The zero-order valence-electron chi connectivity index (χ0n) is 11.8. The fourth-order valence-corrected chi connectivity index (χ4v) is 2.46. The molecule has 0 unspecified atom stereocenters. The molecule has 4 heteroatoms. The lowest BCUT2D eigenvalue weighted by molar-refractivity contribution is 0.261. The second-order valence-corrected chi connectivity index (χ2v) is 4.92. The molecule has 0 amide bonds. The highest BCUT2D eigenvalue weighted by Crippen LogP contribution is 2.28. The van der Waals surface area contributed by atoms with E-state index in [1.165, 1.54) is 0 Å². The molecule has 3 aromatic rings. The van der Waals surface area contributed by atoms with Crippen LogP contribution in [0.15, 0.2) is 55.1 Å². The highest BCUT2D eigenvalue weighted by molar-refractivity contribution is 5.87.